The molecule has 1 aliphatic rings. The molecule has 1 aliphatic heterocycles. The first-order valence-corrected chi connectivity index (χ1v) is 2.78. The number of nitrogens with two attached hydrogens (primary N) is 1. The third kappa shape index (κ3) is 1.08. The standard InChI is InChI=1S/C5H8N2O2/c6-4-3(8)1-2-7-5(4)9/h4H,1-2,6H2,(H,7,9). The molecule has 0 saturated carbocycles. The molecule has 0 aromatic heterocycles. The first kappa shape index (κ1) is 6.22. The van der Waals surface area contributed by atoms with Gasteiger partial charge in [0.15, 0.2) is 5.78 Å². The lowest BCUT2D eigenvalue weighted by Gasteiger charge is -2.15. The highest BCUT2D eigenvalue weighted by atomic mass is 16.2. The van der Waals surface area contributed by atoms with Gasteiger partial charge in [0.1, 0.15) is 6.04 Å². The highest BCUT2D eigenvalue weighted by molar-refractivity contribution is 6.07. The average Bonchev–Trinajstić information content (AvgIpc) is 1.83. The van der Waals surface area contributed by atoms with Crippen LogP contribution in [0.3, 0.4) is 0 Å². The van der Waals surface area contributed by atoms with Crippen LogP contribution in [0, 0.1) is 0 Å². The molecule has 1 fully saturated rings. The number of amides is 1. The van der Waals surface area contributed by atoms with Crippen LogP contribution in [0.4, 0.5) is 0 Å². The Morgan fingerprint density at radius 1 is 1.56 bits per heavy atom. The van der Waals surface area contributed by atoms with Gasteiger partial charge in [-0.2, -0.15) is 0 Å². The van der Waals surface area contributed by atoms with Crippen LogP contribution in [0.1, 0.15) is 6.42 Å². The number of piperidine rings is 1. The van der Waals surface area contributed by atoms with Crippen molar-refractivity contribution >= 4 is 11.7 Å². The van der Waals surface area contributed by atoms with E-state index in [4.69, 9.17) is 5.73 Å². The smallest absolute Gasteiger partial charge is 0.244 e. The molecule has 1 saturated heterocycles. The molecule has 1 heterocycles. The lowest BCUT2D eigenvalue weighted by molar-refractivity contribution is -0.132. The fourth-order valence-corrected chi connectivity index (χ4v) is 0.721. The quantitative estimate of drug-likeness (QED) is 0.386. The van der Waals surface area contributed by atoms with Crippen LogP contribution < -0.4 is 11.1 Å². The fraction of sp³-hybridized carbons (Fsp3) is 0.600. The largest absolute Gasteiger partial charge is 0.354 e. The van der Waals surface area contributed by atoms with Gasteiger partial charge in [-0.25, -0.2) is 0 Å². The molecule has 1 atom stereocenters. The molecule has 0 spiro atoms. The maximum atomic E-state index is 10.6. The molecular weight excluding hydrogens is 120 g/mol. The van der Waals surface area contributed by atoms with E-state index in [9.17, 15) is 9.59 Å². The van der Waals surface area contributed by atoms with Crippen molar-refractivity contribution in [3.05, 3.63) is 0 Å². The molecule has 1 unspecified atom stereocenters. The second-order valence-electron chi connectivity index (χ2n) is 1.99. The summed E-state index contributed by atoms with van der Waals surface area (Å²) in [6.07, 6.45) is 0.368. The minimum Gasteiger partial charge on any atom is -0.354 e. The number of hydrogen-bond donors (Lipinski definition) is 2. The van der Waals surface area contributed by atoms with Crippen molar-refractivity contribution in [2.45, 2.75) is 12.5 Å². The van der Waals surface area contributed by atoms with Crippen molar-refractivity contribution in [3.63, 3.8) is 0 Å². The van der Waals surface area contributed by atoms with Crippen LogP contribution in [-0.4, -0.2) is 24.3 Å². The average molecular weight is 128 g/mol. The number of hydrogen-bond acceptors (Lipinski definition) is 3. The fourth-order valence-electron chi connectivity index (χ4n) is 0.721. The normalized spacial score (nSPS) is 27.9. The molecule has 0 bridgehead atoms. The summed E-state index contributed by atoms with van der Waals surface area (Å²) in [6.45, 7) is 0.436. The van der Waals surface area contributed by atoms with E-state index in [0.29, 0.717) is 13.0 Å². The number of carbonyl (C=O) groups excluding carboxylic acids is 2. The Hall–Kier alpha value is -0.900. The lowest BCUT2D eigenvalue weighted by Crippen LogP contribution is -2.51. The molecule has 3 N–H and O–H groups in total. The number of Topliss-reactive ketones (excluding diaryl/α,β-unsaturated/α-hetero) is 1. The van der Waals surface area contributed by atoms with E-state index in [2.05, 4.69) is 5.32 Å². The first-order valence-electron chi connectivity index (χ1n) is 2.78. The Morgan fingerprint density at radius 2 is 2.22 bits per heavy atom. The van der Waals surface area contributed by atoms with Crippen LogP contribution in [-0.2, 0) is 9.59 Å². The Balaban J connectivity index is 2.62. The van der Waals surface area contributed by atoms with Crippen molar-refractivity contribution in [2.75, 3.05) is 6.54 Å². The number of ketones is 1. The van der Waals surface area contributed by atoms with Gasteiger partial charge >= 0.3 is 0 Å². The molecule has 0 aliphatic carbocycles. The van der Waals surface area contributed by atoms with E-state index in [1.165, 1.54) is 0 Å². The lowest BCUT2D eigenvalue weighted by atomic mass is 10.1. The minimum atomic E-state index is -0.918. The van der Waals surface area contributed by atoms with Gasteiger partial charge in [0.25, 0.3) is 0 Å². The monoisotopic (exact) mass is 128 g/mol. The third-order valence-electron chi connectivity index (χ3n) is 1.30. The first-order chi connectivity index (χ1) is 4.22. The zero-order valence-corrected chi connectivity index (χ0v) is 4.89. The van der Waals surface area contributed by atoms with Crippen LogP contribution >= 0.6 is 0 Å². The second-order valence-corrected chi connectivity index (χ2v) is 1.99. The molecule has 4 nitrogen and oxygen atoms in total. The summed E-state index contributed by atoms with van der Waals surface area (Å²) in [5.74, 6) is -0.523. The van der Waals surface area contributed by atoms with Gasteiger partial charge in [-0.05, 0) is 0 Å². The number of carbonyl (C=O) groups is 2. The molecule has 0 aromatic rings. The maximum Gasteiger partial charge on any atom is 0.244 e. The second kappa shape index (κ2) is 2.14. The van der Waals surface area contributed by atoms with Crippen LogP contribution in [0.2, 0.25) is 0 Å². The van der Waals surface area contributed by atoms with E-state index in [1.807, 2.05) is 0 Å². The summed E-state index contributed by atoms with van der Waals surface area (Å²) in [7, 11) is 0. The minimum absolute atomic E-state index is 0.168. The highest BCUT2D eigenvalue weighted by Crippen LogP contribution is 1.93. The van der Waals surface area contributed by atoms with Gasteiger partial charge in [-0.1, -0.05) is 0 Å². The molecular formula is C5H8N2O2. The number of rotatable bonds is 0. The van der Waals surface area contributed by atoms with Gasteiger partial charge in [0, 0.05) is 13.0 Å². The van der Waals surface area contributed by atoms with E-state index in [1.54, 1.807) is 0 Å². The molecule has 0 radical (unpaired) electrons. The van der Waals surface area contributed by atoms with E-state index < -0.39 is 6.04 Å². The van der Waals surface area contributed by atoms with Crippen molar-refractivity contribution in [1.82, 2.24) is 5.32 Å². The Morgan fingerprint density at radius 3 is 2.67 bits per heavy atom. The van der Waals surface area contributed by atoms with E-state index >= 15 is 0 Å². The number of nitrogens with one attached hydrogen (secondary N) is 1. The topological polar surface area (TPSA) is 72.2 Å². The van der Waals surface area contributed by atoms with Crippen LogP contribution in [0.5, 0.6) is 0 Å². The zero-order valence-electron chi connectivity index (χ0n) is 4.89. The van der Waals surface area contributed by atoms with Crippen molar-refractivity contribution in [2.24, 2.45) is 5.73 Å². The third-order valence-corrected chi connectivity index (χ3v) is 1.30. The summed E-state index contributed by atoms with van der Waals surface area (Å²) in [4.78, 5) is 21.2. The summed E-state index contributed by atoms with van der Waals surface area (Å²) < 4.78 is 0. The van der Waals surface area contributed by atoms with E-state index in [0.717, 1.165) is 0 Å². The van der Waals surface area contributed by atoms with Crippen molar-refractivity contribution in [3.8, 4) is 0 Å². The molecule has 9 heavy (non-hydrogen) atoms. The molecule has 50 valence electrons. The maximum absolute atomic E-state index is 10.6. The molecule has 1 rings (SSSR count). The summed E-state index contributed by atoms with van der Waals surface area (Å²) >= 11 is 0. The summed E-state index contributed by atoms with van der Waals surface area (Å²) in [5.41, 5.74) is 5.16. The highest BCUT2D eigenvalue weighted by Gasteiger charge is 2.25. The Kier molecular flexibility index (Phi) is 1.48. The SMILES string of the molecule is NC1C(=O)CCNC1=O. The summed E-state index contributed by atoms with van der Waals surface area (Å²) in [5, 5.41) is 2.48. The Bertz CT molecular complexity index is 139. The summed E-state index contributed by atoms with van der Waals surface area (Å²) in [6, 6.07) is -0.918. The van der Waals surface area contributed by atoms with Gasteiger partial charge in [-0.3, -0.25) is 9.59 Å². The van der Waals surface area contributed by atoms with Gasteiger partial charge in [0.2, 0.25) is 5.91 Å². The van der Waals surface area contributed by atoms with Gasteiger partial charge < -0.3 is 11.1 Å². The van der Waals surface area contributed by atoms with Crippen molar-refractivity contribution in [1.29, 1.82) is 0 Å². The molecule has 4 heteroatoms. The molecule has 0 aromatic carbocycles. The van der Waals surface area contributed by atoms with Crippen LogP contribution in [0.25, 0.3) is 0 Å². The predicted octanol–water partition coefficient (Wildman–Crippen LogP) is -1.60. The van der Waals surface area contributed by atoms with Gasteiger partial charge in [-0.15, -0.1) is 0 Å². The van der Waals surface area contributed by atoms with Gasteiger partial charge in [0.05, 0.1) is 0 Å². The predicted molar refractivity (Wildman–Crippen MR) is 30.6 cm³/mol. The molecule has 1 amide bonds. The van der Waals surface area contributed by atoms with Crippen molar-refractivity contribution < 1.29 is 9.59 Å². The zero-order chi connectivity index (χ0) is 6.85. The Labute approximate surface area is 52.4 Å². The van der Waals surface area contributed by atoms with Crippen LogP contribution in [0.15, 0.2) is 0 Å². The van der Waals surface area contributed by atoms with E-state index in [-0.39, 0.29) is 11.7 Å².